The van der Waals surface area contributed by atoms with Gasteiger partial charge in [0.1, 0.15) is 0 Å². The van der Waals surface area contributed by atoms with Gasteiger partial charge in [0.05, 0.1) is 0 Å². The molecule has 0 aliphatic heterocycles. The average molecular weight is 686 g/mol. The fourth-order valence-electron chi connectivity index (χ4n) is 0. The van der Waals surface area contributed by atoms with Crippen molar-refractivity contribution in [2.75, 3.05) is 0 Å². The van der Waals surface area contributed by atoms with E-state index in [4.69, 9.17) is 42.2 Å². The fraction of sp³-hybridized carbons (Fsp3) is 0. The summed E-state index contributed by atoms with van der Waals surface area (Å²) in [6.07, 6.45) is 0. The SMILES string of the molecule is O.O.O.O.O.O.O.O.O=[Si](O)O.O=[Si](O)O.O=[Si](O)O.[BiH3].[Ti].[Ti]. The maximum atomic E-state index is 8.74. The Labute approximate surface area is 182 Å². The summed E-state index contributed by atoms with van der Waals surface area (Å²) in [5, 5.41) is 0. The van der Waals surface area contributed by atoms with E-state index in [0.717, 1.165) is 0 Å². The molecule has 0 aromatic carbocycles. The molecule has 0 fully saturated rings. The summed E-state index contributed by atoms with van der Waals surface area (Å²) >= 11 is 0. The van der Waals surface area contributed by atoms with E-state index in [0.29, 0.717) is 0 Å². The second kappa shape index (κ2) is 112. The molecule has 23 heavy (non-hydrogen) atoms. The van der Waals surface area contributed by atoms with Crippen molar-refractivity contribution in [1.29, 1.82) is 0 Å². The second-order valence-electron chi connectivity index (χ2n) is 0.848. The minimum atomic E-state index is -3.13. The van der Waals surface area contributed by atoms with E-state index in [1.807, 2.05) is 0 Å². The maximum Gasteiger partial charge on any atom is 0 e. The zero-order chi connectivity index (χ0) is 10.7. The Kier molecular flexibility index (Phi) is 628. The van der Waals surface area contributed by atoms with Gasteiger partial charge in [-0.15, -0.1) is 0 Å². The first-order valence-corrected chi connectivity index (χ1v) is 5.86. The number of hydrogen-bond donors (Lipinski definition) is 6. The van der Waals surface area contributed by atoms with Crippen molar-refractivity contribution in [1.82, 2.24) is 0 Å². The molecule has 0 saturated heterocycles. The molecule has 22 N–H and O–H groups in total. The van der Waals surface area contributed by atoms with Gasteiger partial charge in [0, 0.05) is 43.4 Å². The van der Waals surface area contributed by atoms with Crippen molar-refractivity contribution in [2.45, 2.75) is 0 Å². The predicted octanol–water partition coefficient (Wildman–Crippen LogP) is -12.6. The van der Waals surface area contributed by atoms with Gasteiger partial charge in [-0.2, -0.15) is 0 Å². The van der Waals surface area contributed by atoms with Gasteiger partial charge in [-0.25, -0.2) is 0 Å². The largest absolute Gasteiger partial charge is 0 e. The van der Waals surface area contributed by atoms with Gasteiger partial charge >= 0.3 is 53.7 Å². The second-order valence-corrected chi connectivity index (χ2v) is 2.54. The summed E-state index contributed by atoms with van der Waals surface area (Å²) in [6, 6.07) is 0. The van der Waals surface area contributed by atoms with Crippen LogP contribution in [0.1, 0.15) is 0 Å². The van der Waals surface area contributed by atoms with Gasteiger partial charge in [-0.05, 0) is 0 Å². The quantitative estimate of drug-likeness (QED) is 0.132. The summed E-state index contributed by atoms with van der Waals surface area (Å²) in [6.45, 7) is 0. The molecule has 0 bridgehead atoms. The van der Waals surface area contributed by atoms with E-state index in [1.54, 1.807) is 0 Å². The van der Waals surface area contributed by atoms with Crippen LogP contribution in [-0.2, 0) is 56.8 Å². The Morgan fingerprint density at radius 2 is 0.391 bits per heavy atom. The maximum absolute atomic E-state index is 8.74. The van der Waals surface area contributed by atoms with Crippen LogP contribution in [0.15, 0.2) is 0 Å². The predicted molar refractivity (Wildman–Crippen MR) is 71.5 cm³/mol. The molecule has 0 heterocycles. The van der Waals surface area contributed by atoms with Crippen LogP contribution in [-0.4, -0.2) is 126 Å². The third kappa shape index (κ3) is 14000. The third-order valence-electron chi connectivity index (χ3n) is 0. The molecule has 0 spiro atoms. The van der Waals surface area contributed by atoms with Crippen molar-refractivity contribution in [2.24, 2.45) is 0 Å². The molecule has 0 rings (SSSR count). The van der Waals surface area contributed by atoms with Crippen molar-refractivity contribution in [3.63, 3.8) is 0 Å². The molecule has 0 atom stereocenters. The van der Waals surface area contributed by atoms with Crippen LogP contribution >= 0.6 is 0 Å². The first-order valence-electron chi connectivity index (χ1n) is 1.95. The van der Waals surface area contributed by atoms with Crippen LogP contribution in [0, 0.1) is 0 Å². The van der Waals surface area contributed by atoms with Crippen LogP contribution in [0.5, 0.6) is 0 Å². The Bertz CT molecular complexity index is 125. The van der Waals surface area contributed by atoms with Gasteiger partial charge in [0.25, 0.3) is 0 Å². The number of hydrogen-bond acceptors (Lipinski definition) is 3. The molecule has 0 aliphatic rings. The van der Waals surface area contributed by atoms with Gasteiger partial charge in [0.15, 0.2) is 0 Å². The van der Waals surface area contributed by atoms with Gasteiger partial charge in [-0.3, -0.25) is 13.4 Å². The molecule has 152 valence electrons. The molecule has 0 unspecified atom stereocenters. The zero-order valence-corrected chi connectivity index (χ0v) is 22.7. The normalized spacial score (nSPS) is 3.13. The van der Waals surface area contributed by atoms with Crippen LogP contribution in [0.2, 0.25) is 0 Å². The Hall–Kier alpha value is 0.842. The van der Waals surface area contributed by atoms with E-state index < -0.39 is 27.5 Å². The molecule has 0 saturated carbocycles. The van der Waals surface area contributed by atoms with Crippen LogP contribution in [0.3, 0.4) is 0 Å². The smallest absolute Gasteiger partial charge is 0 e. The molecular weight excluding hydrogens is 661 g/mol. The third-order valence-corrected chi connectivity index (χ3v) is 0. The van der Waals surface area contributed by atoms with Gasteiger partial charge in [-0.1, -0.05) is 0 Å². The van der Waals surface area contributed by atoms with Crippen molar-refractivity contribution in [3.05, 3.63) is 0 Å². The minimum absolute atomic E-state index is 0. The van der Waals surface area contributed by atoms with Crippen LogP contribution in [0.25, 0.3) is 0 Å². The minimum Gasteiger partial charge on any atom is 0 e. The first kappa shape index (κ1) is 128. The van der Waals surface area contributed by atoms with Crippen LogP contribution < -0.4 is 0 Å². The van der Waals surface area contributed by atoms with E-state index in [9.17, 15) is 0 Å². The molecule has 17 nitrogen and oxygen atoms in total. The Balaban J connectivity index is -0.00000000355. The van der Waals surface area contributed by atoms with Gasteiger partial charge in [0.2, 0.25) is 0 Å². The zero-order valence-electron chi connectivity index (χ0n) is 11.1. The summed E-state index contributed by atoms with van der Waals surface area (Å²) < 4.78 is 26.2. The summed E-state index contributed by atoms with van der Waals surface area (Å²) in [5.74, 6) is 0. The van der Waals surface area contributed by atoms with Crippen molar-refractivity contribution < 1.29 is 129 Å². The fourth-order valence-corrected chi connectivity index (χ4v) is 0. The summed E-state index contributed by atoms with van der Waals surface area (Å²) in [7, 11) is -9.39. The summed E-state index contributed by atoms with van der Waals surface area (Å²) in [5.41, 5.74) is 0. The molecule has 23 heteroatoms. The molecule has 0 aromatic rings. The average Bonchev–Trinajstić information content (AvgIpc) is 1.54. The first-order chi connectivity index (χ1) is 5.20. The molecule has 0 amide bonds. The van der Waals surface area contributed by atoms with Crippen LogP contribution in [0.4, 0.5) is 0 Å². The topological polar surface area (TPSA) is 425 Å². The van der Waals surface area contributed by atoms with E-state index in [2.05, 4.69) is 0 Å². The number of rotatable bonds is 0. The van der Waals surface area contributed by atoms with E-state index in [-0.39, 0.29) is 113 Å². The standard InChI is InChI=1S/Bi.3H2O3Si.8H2O.2Ti.3H/c;3*1-4(2)3;;;;;;;;;;;;;/h;3*1-2H;8*1H2;;;;;. The Morgan fingerprint density at radius 3 is 0.391 bits per heavy atom. The molecular formula is H25BiO17Si3Ti2. The van der Waals surface area contributed by atoms with E-state index >= 15 is 0 Å². The Morgan fingerprint density at radius 1 is 0.391 bits per heavy atom. The van der Waals surface area contributed by atoms with Gasteiger partial charge < -0.3 is 72.6 Å². The van der Waals surface area contributed by atoms with Crippen molar-refractivity contribution in [3.8, 4) is 0 Å². The molecule has 0 aromatic heterocycles. The monoisotopic (exact) mass is 686 g/mol. The van der Waals surface area contributed by atoms with E-state index in [1.165, 1.54) is 0 Å². The molecule has 0 aliphatic carbocycles. The molecule has 0 radical (unpaired) electrons. The summed E-state index contributed by atoms with van der Waals surface area (Å²) in [4.78, 5) is 42.9. The van der Waals surface area contributed by atoms with Crippen molar-refractivity contribution >= 4 is 53.7 Å².